The normalized spacial score (nSPS) is 15.5. The molecule has 0 atom stereocenters. The number of anilines is 1. The van der Waals surface area contributed by atoms with Crippen LogP contribution in [0.25, 0.3) is 0 Å². The molecular formula is C16H25N3O. The standard InChI is InChI=1S/C16H25N3O/c1-13(2)18-11-12-19(16(18)20)15-9-4-3-7-14(15)8-5-6-10-17/h3-4,7,9,13H,5-6,8,10-12,17H2,1-2H3. The summed E-state index contributed by atoms with van der Waals surface area (Å²) >= 11 is 0. The maximum absolute atomic E-state index is 12.5. The SMILES string of the molecule is CC(C)N1CCN(c2ccccc2CCCCN)C1=O. The van der Waals surface area contributed by atoms with Gasteiger partial charge in [-0.25, -0.2) is 4.79 Å². The predicted octanol–water partition coefficient (Wildman–Crippen LogP) is 2.62. The van der Waals surface area contributed by atoms with Crippen LogP contribution in [0.5, 0.6) is 0 Å². The molecular weight excluding hydrogens is 250 g/mol. The highest BCUT2D eigenvalue weighted by molar-refractivity contribution is 5.95. The van der Waals surface area contributed by atoms with Crippen molar-refractivity contribution in [1.29, 1.82) is 0 Å². The molecule has 2 rings (SSSR count). The van der Waals surface area contributed by atoms with E-state index in [1.54, 1.807) is 0 Å². The Bertz CT molecular complexity index is 459. The number of rotatable bonds is 6. The number of carbonyl (C=O) groups is 1. The first-order valence-electron chi connectivity index (χ1n) is 7.51. The lowest BCUT2D eigenvalue weighted by Crippen LogP contribution is -2.36. The minimum atomic E-state index is 0.131. The van der Waals surface area contributed by atoms with Gasteiger partial charge in [0.25, 0.3) is 0 Å². The molecule has 4 heteroatoms. The number of para-hydroxylation sites is 1. The van der Waals surface area contributed by atoms with Crippen LogP contribution < -0.4 is 10.6 Å². The van der Waals surface area contributed by atoms with E-state index < -0.39 is 0 Å². The van der Waals surface area contributed by atoms with Gasteiger partial charge in [-0.3, -0.25) is 4.90 Å². The highest BCUT2D eigenvalue weighted by Crippen LogP contribution is 2.26. The number of unbranched alkanes of at least 4 members (excludes halogenated alkanes) is 1. The highest BCUT2D eigenvalue weighted by atomic mass is 16.2. The van der Waals surface area contributed by atoms with Crippen LogP contribution in [0.3, 0.4) is 0 Å². The van der Waals surface area contributed by atoms with Gasteiger partial charge in [0.2, 0.25) is 0 Å². The number of nitrogens with zero attached hydrogens (tertiary/aromatic N) is 2. The average molecular weight is 275 g/mol. The van der Waals surface area contributed by atoms with Crippen LogP contribution in [0.4, 0.5) is 10.5 Å². The van der Waals surface area contributed by atoms with Crippen molar-refractivity contribution in [3.63, 3.8) is 0 Å². The van der Waals surface area contributed by atoms with Crippen molar-refractivity contribution in [3.05, 3.63) is 29.8 Å². The summed E-state index contributed by atoms with van der Waals surface area (Å²) in [5.74, 6) is 0. The van der Waals surface area contributed by atoms with Crippen LogP contribution in [-0.4, -0.2) is 36.6 Å². The molecule has 1 aromatic rings. The number of hydrogen-bond donors (Lipinski definition) is 1. The van der Waals surface area contributed by atoms with Gasteiger partial charge >= 0.3 is 6.03 Å². The third-order valence-corrected chi connectivity index (χ3v) is 3.85. The van der Waals surface area contributed by atoms with E-state index in [1.807, 2.05) is 21.9 Å². The molecule has 4 nitrogen and oxygen atoms in total. The Kier molecular flexibility index (Phi) is 5.01. The van der Waals surface area contributed by atoms with Gasteiger partial charge in [-0.05, 0) is 51.3 Å². The molecule has 1 saturated heterocycles. The smallest absolute Gasteiger partial charge is 0.324 e. The van der Waals surface area contributed by atoms with E-state index in [0.29, 0.717) is 0 Å². The maximum Gasteiger partial charge on any atom is 0.324 e. The molecule has 0 aromatic heterocycles. The van der Waals surface area contributed by atoms with Crippen molar-refractivity contribution in [2.24, 2.45) is 5.73 Å². The zero-order chi connectivity index (χ0) is 14.5. The Balaban J connectivity index is 2.14. The number of urea groups is 1. The molecule has 20 heavy (non-hydrogen) atoms. The quantitative estimate of drug-likeness (QED) is 0.811. The van der Waals surface area contributed by atoms with E-state index in [0.717, 1.165) is 44.6 Å². The van der Waals surface area contributed by atoms with Crippen LogP contribution in [0, 0.1) is 0 Å². The van der Waals surface area contributed by atoms with E-state index in [9.17, 15) is 4.79 Å². The van der Waals surface area contributed by atoms with E-state index in [1.165, 1.54) is 5.56 Å². The fourth-order valence-electron chi connectivity index (χ4n) is 2.70. The lowest BCUT2D eigenvalue weighted by molar-refractivity contribution is 0.209. The Morgan fingerprint density at radius 2 is 1.95 bits per heavy atom. The summed E-state index contributed by atoms with van der Waals surface area (Å²) in [5.41, 5.74) is 7.87. The van der Waals surface area contributed by atoms with Crippen molar-refractivity contribution < 1.29 is 4.79 Å². The lowest BCUT2D eigenvalue weighted by Gasteiger charge is -2.23. The molecule has 2 N–H and O–H groups in total. The largest absolute Gasteiger partial charge is 0.330 e. The van der Waals surface area contributed by atoms with Crippen LogP contribution >= 0.6 is 0 Å². The number of benzene rings is 1. The van der Waals surface area contributed by atoms with E-state index in [-0.39, 0.29) is 12.1 Å². The van der Waals surface area contributed by atoms with Gasteiger partial charge in [-0.2, -0.15) is 0 Å². The predicted molar refractivity (Wildman–Crippen MR) is 83.0 cm³/mol. The fourth-order valence-corrected chi connectivity index (χ4v) is 2.70. The maximum atomic E-state index is 12.5. The number of hydrogen-bond acceptors (Lipinski definition) is 2. The van der Waals surface area contributed by atoms with Gasteiger partial charge in [0.15, 0.2) is 0 Å². The summed E-state index contributed by atoms with van der Waals surface area (Å²) in [5, 5.41) is 0. The van der Waals surface area contributed by atoms with Crippen molar-refractivity contribution in [2.75, 3.05) is 24.5 Å². The summed E-state index contributed by atoms with van der Waals surface area (Å²) in [6, 6.07) is 8.62. The van der Waals surface area contributed by atoms with Crippen molar-refractivity contribution in [2.45, 2.75) is 39.2 Å². The first-order valence-corrected chi connectivity index (χ1v) is 7.51. The summed E-state index contributed by atoms with van der Waals surface area (Å²) in [6.45, 7) is 6.45. The number of aryl methyl sites for hydroxylation is 1. The van der Waals surface area contributed by atoms with Crippen LogP contribution in [-0.2, 0) is 6.42 Å². The van der Waals surface area contributed by atoms with Gasteiger partial charge in [0, 0.05) is 24.8 Å². The Hall–Kier alpha value is -1.55. The summed E-state index contributed by atoms with van der Waals surface area (Å²) in [4.78, 5) is 16.3. The molecule has 1 heterocycles. The molecule has 0 bridgehead atoms. The second-order valence-electron chi connectivity index (χ2n) is 5.60. The zero-order valence-electron chi connectivity index (χ0n) is 12.5. The molecule has 0 aliphatic carbocycles. The van der Waals surface area contributed by atoms with Gasteiger partial charge < -0.3 is 10.6 Å². The highest BCUT2D eigenvalue weighted by Gasteiger charge is 2.31. The van der Waals surface area contributed by atoms with Crippen LogP contribution in [0.2, 0.25) is 0 Å². The molecule has 1 aliphatic heterocycles. The third kappa shape index (κ3) is 3.12. The molecule has 0 unspecified atom stereocenters. The summed E-state index contributed by atoms with van der Waals surface area (Å²) in [6.07, 6.45) is 3.09. The molecule has 1 aromatic carbocycles. The van der Waals surface area contributed by atoms with Crippen LogP contribution in [0.1, 0.15) is 32.3 Å². The molecule has 110 valence electrons. The zero-order valence-corrected chi connectivity index (χ0v) is 12.5. The second-order valence-corrected chi connectivity index (χ2v) is 5.60. The molecule has 0 radical (unpaired) electrons. The van der Waals surface area contributed by atoms with E-state index in [4.69, 9.17) is 5.73 Å². The van der Waals surface area contributed by atoms with Crippen molar-refractivity contribution >= 4 is 11.7 Å². The number of carbonyl (C=O) groups excluding carboxylic acids is 1. The first kappa shape index (κ1) is 14.9. The number of amides is 2. The topological polar surface area (TPSA) is 49.6 Å². The minimum absolute atomic E-state index is 0.131. The summed E-state index contributed by atoms with van der Waals surface area (Å²) in [7, 11) is 0. The molecule has 1 aliphatic rings. The second kappa shape index (κ2) is 6.75. The average Bonchev–Trinajstić information content (AvgIpc) is 2.81. The Labute approximate surface area is 121 Å². The molecule has 0 spiro atoms. The lowest BCUT2D eigenvalue weighted by atomic mass is 10.1. The third-order valence-electron chi connectivity index (χ3n) is 3.85. The van der Waals surface area contributed by atoms with Gasteiger partial charge in [-0.15, -0.1) is 0 Å². The van der Waals surface area contributed by atoms with E-state index in [2.05, 4.69) is 26.0 Å². The number of nitrogens with two attached hydrogens (primary N) is 1. The molecule has 2 amide bonds. The minimum Gasteiger partial charge on any atom is -0.330 e. The monoisotopic (exact) mass is 275 g/mol. The van der Waals surface area contributed by atoms with Gasteiger partial charge in [-0.1, -0.05) is 18.2 Å². The Morgan fingerprint density at radius 3 is 2.60 bits per heavy atom. The van der Waals surface area contributed by atoms with Crippen LogP contribution in [0.15, 0.2) is 24.3 Å². The van der Waals surface area contributed by atoms with Crippen molar-refractivity contribution in [3.8, 4) is 0 Å². The van der Waals surface area contributed by atoms with Gasteiger partial charge in [0.1, 0.15) is 0 Å². The molecule has 1 fully saturated rings. The van der Waals surface area contributed by atoms with E-state index >= 15 is 0 Å². The molecule has 0 saturated carbocycles. The van der Waals surface area contributed by atoms with Crippen molar-refractivity contribution in [1.82, 2.24) is 4.90 Å². The fraction of sp³-hybridized carbons (Fsp3) is 0.562. The summed E-state index contributed by atoms with van der Waals surface area (Å²) < 4.78 is 0. The first-order chi connectivity index (χ1) is 9.65. The Morgan fingerprint density at radius 1 is 1.20 bits per heavy atom. The van der Waals surface area contributed by atoms with Gasteiger partial charge in [0.05, 0.1) is 0 Å².